The molecule has 1 aliphatic heterocycles. The van der Waals surface area contributed by atoms with Gasteiger partial charge in [-0.25, -0.2) is 0 Å². The van der Waals surface area contributed by atoms with Crippen molar-refractivity contribution in [3.8, 4) is 22.3 Å². The van der Waals surface area contributed by atoms with E-state index >= 15 is 0 Å². The van der Waals surface area contributed by atoms with Gasteiger partial charge in [-0.15, -0.1) is 5.73 Å². The van der Waals surface area contributed by atoms with E-state index in [1.54, 1.807) is 0 Å². The molecule has 10 rings (SSSR count). The Morgan fingerprint density at radius 3 is 2.18 bits per heavy atom. The number of fused-ring (bicyclic) bond motifs is 2. The number of benzene rings is 6. The monoisotopic (exact) mass is 981 g/mol. The van der Waals surface area contributed by atoms with E-state index in [1.165, 1.54) is 60.7 Å². The number of nitrogens with zero attached hydrogens (tertiary/aromatic N) is 1. The van der Waals surface area contributed by atoms with Gasteiger partial charge in [0.15, 0.2) is 0 Å². The van der Waals surface area contributed by atoms with Gasteiger partial charge < -0.3 is 10.2 Å². The highest BCUT2D eigenvalue weighted by atomic mass is 32.2. The number of hydrogen-bond acceptors (Lipinski definition) is 3. The Balaban J connectivity index is 1.31. The predicted octanol–water partition coefficient (Wildman–Crippen LogP) is 18.9. The Bertz CT molecular complexity index is 3470. The topological polar surface area (TPSA) is 15.3 Å². The summed E-state index contributed by atoms with van der Waals surface area (Å²) in [6, 6.07) is 44.0. The van der Waals surface area contributed by atoms with Gasteiger partial charge in [-0.1, -0.05) is 193 Å². The molecule has 3 aliphatic carbocycles. The van der Waals surface area contributed by atoms with E-state index in [1.807, 2.05) is 17.8 Å². The number of hydrogen-bond donors (Lipinski definition) is 1. The number of nitrogens with one attached hydrogen (secondary N) is 1. The molecule has 1 N–H and O–H groups in total. The van der Waals surface area contributed by atoms with Crippen LogP contribution in [0.2, 0.25) is 0 Å². The van der Waals surface area contributed by atoms with Gasteiger partial charge in [-0.3, -0.25) is 0 Å². The molecule has 6 aromatic rings. The van der Waals surface area contributed by atoms with Crippen molar-refractivity contribution < 1.29 is 0 Å². The van der Waals surface area contributed by atoms with Gasteiger partial charge in [0.05, 0.1) is 11.4 Å². The van der Waals surface area contributed by atoms with E-state index < -0.39 is 0 Å². The van der Waals surface area contributed by atoms with Crippen LogP contribution in [0.5, 0.6) is 0 Å². The van der Waals surface area contributed by atoms with Crippen LogP contribution in [0, 0.1) is 12.8 Å². The molecule has 1 heterocycles. The molecule has 0 spiro atoms. The van der Waals surface area contributed by atoms with Gasteiger partial charge >= 0.3 is 0 Å². The molecule has 74 heavy (non-hydrogen) atoms. The van der Waals surface area contributed by atoms with Crippen molar-refractivity contribution in [2.75, 3.05) is 10.2 Å². The van der Waals surface area contributed by atoms with Gasteiger partial charge in [-0.05, 0) is 173 Å². The number of thioether (sulfide) groups is 1. The molecule has 2 radical (unpaired) electrons. The standard InChI is InChI=1S/C70H69BN2S/c1-12-22-51(56-41-60-61(38-46(56)6)70(10,11)47(7)43-69(60,8)9)39-59(62(14-3)72-53-33-30-49(31-34-53)48-24-17-15-18-25-48)67-54(13-2)58(55-28-21-23-45(55)5)42-65-68(67)74-66-37-44(4)29-35-64(66)73(65)63-36-32-52(71)40-57(63)50-26-19-16-20-27-50/h13-21,23-27,30-34,36-42,47,72H,2-3,12,22,29,35,43H2,1,4-11H3/b51-39+,62-59-. The average Bonchev–Trinajstić information content (AvgIpc) is 3.85. The normalized spacial score (nSPS) is 17.9. The van der Waals surface area contributed by atoms with Gasteiger partial charge in [-0.2, -0.15) is 0 Å². The maximum absolute atomic E-state index is 6.71. The molecule has 0 saturated heterocycles. The summed E-state index contributed by atoms with van der Waals surface area (Å²) in [7, 11) is 6.71. The summed E-state index contributed by atoms with van der Waals surface area (Å²) < 4.78 is 0. The van der Waals surface area contributed by atoms with Crippen LogP contribution in [0.25, 0.3) is 45.0 Å². The van der Waals surface area contributed by atoms with Gasteiger partial charge in [0.2, 0.25) is 0 Å². The molecule has 4 aliphatic rings. The number of allylic oxidation sites excluding steroid dienone is 10. The Morgan fingerprint density at radius 1 is 0.811 bits per heavy atom. The zero-order valence-electron chi connectivity index (χ0n) is 45.0. The van der Waals surface area contributed by atoms with E-state index in [0.29, 0.717) is 5.92 Å². The highest BCUT2D eigenvalue weighted by Gasteiger charge is 2.42. The average molecular weight is 981 g/mol. The van der Waals surface area contributed by atoms with Gasteiger partial charge in [0.25, 0.3) is 0 Å². The van der Waals surface area contributed by atoms with Gasteiger partial charge in [0.1, 0.15) is 7.85 Å². The predicted molar refractivity (Wildman–Crippen MR) is 324 cm³/mol. The Morgan fingerprint density at radius 2 is 1.51 bits per heavy atom. The van der Waals surface area contributed by atoms with Crippen LogP contribution in [0.4, 0.5) is 17.1 Å². The van der Waals surface area contributed by atoms with Crippen molar-refractivity contribution in [1.82, 2.24) is 0 Å². The molecular formula is C70H69BN2S. The van der Waals surface area contributed by atoms with Crippen molar-refractivity contribution in [1.29, 1.82) is 0 Å². The summed E-state index contributed by atoms with van der Waals surface area (Å²) in [5.74, 6) is 0.560. The molecule has 1 atom stereocenters. The highest BCUT2D eigenvalue weighted by molar-refractivity contribution is 8.03. The van der Waals surface area contributed by atoms with Crippen LogP contribution in [-0.2, 0) is 10.8 Å². The summed E-state index contributed by atoms with van der Waals surface area (Å²) >= 11 is 1.89. The summed E-state index contributed by atoms with van der Waals surface area (Å²) in [5.41, 5.74) is 29.3. The quantitative estimate of drug-likeness (QED) is 0.0705. The molecular weight excluding hydrogens is 912 g/mol. The zero-order valence-corrected chi connectivity index (χ0v) is 45.8. The molecule has 0 fully saturated rings. The smallest absolute Gasteiger partial charge is 0.113 e. The molecule has 0 aromatic heterocycles. The lowest BCUT2D eigenvalue weighted by Crippen LogP contribution is -2.40. The van der Waals surface area contributed by atoms with Crippen LogP contribution in [0.3, 0.4) is 0 Å². The van der Waals surface area contributed by atoms with E-state index in [-0.39, 0.29) is 10.8 Å². The number of anilines is 3. The van der Waals surface area contributed by atoms with E-state index in [9.17, 15) is 0 Å². The second-order valence-corrected chi connectivity index (χ2v) is 23.2. The molecule has 368 valence electrons. The second-order valence-electron chi connectivity index (χ2n) is 22.1. The second kappa shape index (κ2) is 20.4. The first-order chi connectivity index (χ1) is 35.6. The Kier molecular flexibility index (Phi) is 13.9. The highest BCUT2D eigenvalue weighted by Crippen LogP contribution is 2.57. The van der Waals surface area contributed by atoms with Crippen molar-refractivity contribution in [3.63, 3.8) is 0 Å². The van der Waals surface area contributed by atoms with E-state index in [4.69, 9.17) is 7.85 Å². The molecule has 2 nitrogen and oxygen atoms in total. The zero-order chi connectivity index (χ0) is 52.1. The molecule has 6 aromatic carbocycles. The van der Waals surface area contributed by atoms with Crippen LogP contribution in [0.1, 0.15) is 126 Å². The first-order valence-electron chi connectivity index (χ1n) is 26.6. The van der Waals surface area contributed by atoms with Crippen molar-refractivity contribution in [3.05, 3.63) is 237 Å². The molecule has 0 bridgehead atoms. The van der Waals surface area contributed by atoms with Crippen LogP contribution >= 0.6 is 11.8 Å². The van der Waals surface area contributed by atoms with Crippen LogP contribution in [0.15, 0.2) is 203 Å². The third-order valence-corrected chi connectivity index (χ3v) is 17.5. The SMILES string of the molecule is [B]c1ccc(N2C3=C(C=C(C)CC3)Sc3c2cc(C2=C=CC=C2C)c(C=C)c3C(/C=C(\CCC)c2cc3c(cc2C)C(C)(C)C(C)CC3(C)C)=C(/C=C)Nc2ccc(-c3ccccc3)cc2)c(-c2ccccc2)c1. The van der Waals surface area contributed by atoms with E-state index in [2.05, 4.69) is 243 Å². The summed E-state index contributed by atoms with van der Waals surface area (Å²) in [6.07, 6.45) is 18.2. The third kappa shape index (κ3) is 9.33. The minimum absolute atomic E-state index is 0.0255. The fourth-order valence-corrected chi connectivity index (χ4v) is 13.3. The van der Waals surface area contributed by atoms with Crippen molar-refractivity contribution in [2.24, 2.45) is 5.92 Å². The molecule has 0 saturated carbocycles. The summed E-state index contributed by atoms with van der Waals surface area (Å²) in [5, 5.41) is 3.98. The number of aryl methyl sites for hydroxylation is 1. The maximum atomic E-state index is 6.71. The van der Waals surface area contributed by atoms with Crippen LogP contribution < -0.4 is 15.7 Å². The minimum Gasteiger partial charge on any atom is -0.355 e. The summed E-state index contributed by atoms with van der Waals surface area (Å²) in [6.45, 7) is 30.6. The Labute approximate surface area is 447 Å². The molecule has 1 unspecified atom stereocenters. The fourth-order valence-electron chi connectivity index (χ4n) is 11.9. The largest absolute Gasteiger partial charge is 0.355 e. The van der Waals surface area contributed by atoms with Crippen molar-refractivity contribution in [2.45, 2.75) is 110 Å². The Hall–Kier alpha value is -6.97. The minimum atomic E-state index is 0.0255. The first-order valence-corrected chi connectivity index (χ1v) is 27.4. The third-order valence-electron chi connectivity index (χ3n) is 16.3. The molecule has 0 amide bonds. The fraction of sp³-hybridized carbons (Fsp3) is 0.243. The lowest BCUT2D eigenvalue weighted by atomic mass is 9.57. The molecule has 4 heteroatoms. The van der Waals surface area contributed by atoms with Gasteiger partial charge in [0, 0.05) is 49.2 Å². The van der Waals surface area contributed by atoms with Crippen molar-refractivity contribution >= 4 is 64.9 Å². The van der Waals surface area contributed by atoms with Crippen LogP contribution in [-0.4, -0.2) is 7.85 Å². The van der Waals surface area contributed by atoms with E-state index in [0.717, 1.165) is 104 Å². The first kappa shape index (κ1) is 50.6. The lowest BCUT2D eigenvalue weighted by Gasteiger charge is -2.47. The number of rotatable bonds is 13. The lowest BCUT2D eigenvalue weighted by molar-refractivity contribution is 0.233. The maximum Gasteiger partial charge on any atom is 0.113 e. The summed E-state index contributed by atoms with van der Waals surface area (Å²) in [4.78, 5) is 4.97.